The van der Waals surface area contributed by atoms with Gasteiger partial charge in [0.1, 0.15) is 0 Å². The van der Waals surface area contributed by atoms with Crippen LogP contribution in [0.5, 0.6) is 0 Å². The van der Waals surface area contributed by atoms with E-state index >= 15 is 0 Å². The van der Waals surface area contributed by atoms with Gasteiger partial charge in [0, 0.05) is 19.3 Å². The van der Waals surface area contributed by atoms with Crippen molar-refractivity contribution >= 4 is 5.69 Å². The number of anilines is 1. The molecule has 1 N–H and O–H groups in total. The molecule has 0 amide bonds. The quantitative estimate of drug-likeness (QED) is 0.853. The predicted molar refractivity (Wildman–Crippen MR) is 80.7 cm³/mol. The SMILES string of the molecule is COCCc1ccccc1NCC1CCN(C)CC1. The van der Waals surface area contributed by atoms with Gasteiger partial charge in [0.25, 0.3) is 0 Å². The molecule has 1 saturated heterocycles. The Hall–Kier alpha value is -1.06. The molecule has 106 valence electrons. The third-order valence-corrected chi connectivity index (χ3v) is 4.01. The van der Waals surface area contributed by atoms with E-state index in [2.05, 4.69) is 41.5 Å². The van der Waals surface area contributed by atoms with E-state index in [1.54, 1.807) is 7.11 Å². The number of likely N-dealkylation sites (tertiary alicyclic amines) is 1. The summed E-state index contributed by atoms with van der Waals surface area (Å²) < 4.78 is 5.17. The number of nitrogens with one attached hydrogen (secondary N) is 1. The fourth-order valence-electron chi connectivity index (χ4n) is 2.64. The van der Waals surface area contributed by atoms with Crippen molar-refractivity contribution in [1.82, 2.24) is 4.90 Å². The molecule has 1 aliphatic rings. The first-order valence-electron chi connectivity index (χ1n) is 7.29. The van der Waals surface area contributed by atoms with E-state index in [0.717, 1.165) is 25.5 Å². The average molecular weight is 262 g/mol. The van der Waals surface area contributed by atoms with Crippen LogP contribution >= 0.6 is 0 Å². The maximum Gasteiger partial charge on any atom is 0.0503 e. The molecule has 0 aliphatic carbocycles. The van der Waals surface area contributed by atoms with E-state index in [1.807, 2.05) is 0 Å². The molecule has 2 rings (SSSR count). The Morgan fingerprint density at radius 2 is 2.00 bits per heavy atom. The minimum Gasteiger partial charge on any atom is -0.385 e. The molecule has 0 radical (unpaired) electrons. The highest BCUT2D eigenvalue weighted by Crippen LogP contribution is 2.20. The lowest BCUT2D eigenvalue weighted by molar-refractivity contribution is 0.202. The summed E-state index contributed by atoms with van der Waals surface area (Å²) in [5, 5.41) is 3.63. The molecule has 3 nitrogen and oxygen atoms in total. The molecule has 0 bridgehead atoms. The first-order valence-corrected chi connectivity index (χ1v) is 7.29. The zero-order valence-corrected chi connectivity index (χ0v) is 12.2. The average Bonchev–Trinajstić information content (AvgIpc) is 2.45. The molecule has 19 heavy (non-hydrogen) atoms. The van der Waals surface area contributed by atoms with E-state index in [4.69, 9.17) is 4.74 Å². The standard InChI is InChI=1S/C16H26N2O/c1-18-10-7-14(8-11-18)13-17-16-6-4-3-5-15(16)9-12-19-2/h3-6,14,17H,7-13H2,1-2H3. The van der Waals surface area contributed by atoms with Crippen LogP contribution in [-0.2, 0) is 11.2 Å². The Balaban J connectivity index is 1.84. The largest absolute Gasteiger partial charge is 0.385 e. The van der Waals surface area contributed by atoms with Crippen molar-refractivity contribution in [2.24, 2.45) is 5.92 Å². The van der Waals surface area contributed by atoms with Crippen LogP contribution in [0.25, 0.3) is 0 Å². The van der Waals surface area contributed by atoms with Gasteiger partial charge in [0.15, 0.2) is 0 Å². The zero-order chi connectivity index (χ0) is 13.5. The fourth-order valence-corrected chi connectivity index (χ4v) is 2.64. The number of piperidine rings is 1. The number of ether oxygens (including phenoxy) is 1. The van der Waals surface area contributed by atoms with Gasteiger partial charge in [-0.25, -0.2) is 0 Å². The van der Waals surface area contributed by atoms with Crippen molar-refractivity contribution < 1.29 is 4.74 Å². The van der Waals surface area contributed by atoms with Gasteiger partial charge >= 0.3 is 0 Å². The molecular formula is C16H26N2O. The summed E-state index contributed by atoms with van der Waals surface area (Å²) in [6, 6.07) is 8.58. The van der Waals surface area contributed by atoms with Gasteiger partial charge in [-0.3, -0.25) is 0 Å². The van der Waals surface area contributed by atoms with Crippen LogP contribution in [0.3, 0.4) is 0 Å². The number of nitrogens with zero attached hydrogens (tertiary/aromatic N) is 1. The normalized spacial score (nSPS) is 17.6. The third kappa shape index (κ3) is 4.51. The smallest absolute Gasteiger partial charge is 0.0503 e. The van der Waals surface area contributed by atoms with Crippen LogP contribution in [0.1, 0.15) is 18.4 Å². The topological polar surface area (TPSA) is 24.5 Å². The second-order valence-corrected chi connectivity index (χ2v) is 5.53. The predicted octanol–water partition coefficient (Wildman–Crippen LogP) is 2.63. The van der Waals surface area contributed by atoms with E-state index in [9.17, 15) is 0 Å². The molecule has 1 aliphatic heterocycles. The second-order valence-electron chi connectivity index (χ2n) is 5.53. The van der Waals surface area contributed by atoms with Gasteiger partial charge in [-0.2, -0.15) is 0 Å². The Labute approximate surface area is 116 Å². The van der Waals surface area contributed by atoms with E-state index in [-0.39, 0.29) is 0 Å². The summed E-state index contributed by atoms with van der Waals surface area (Å²) in [5.74, 6) is 0.812. The van der Waals surface area contributed by atoms with Crippen LogP contribution in [0.2, 0.25) is 0 Å². The minimum absolute atomic E-state index is 0.785. The number of hydrogen-bond donors (Lipinski definition) is 1. The van der Waals surface area contributed by atoms with E-state index in [1.165, 1.54) is 37.2 Å². The Kier molecular flexibility index (Phi) is 5.67. The molecule has 1 aromatic carbocycles. The van der Waals surface area contributed by atoms with Gasteiger partial charge in [0.2, 0.25) is 0 Å². The molecule has 0 aromatic heterocycles. The first-order chi connectivity index (χ1) is 9.29. The second kappa shape index (κ2) is 7.51. The highest BCUT2D eigenvalue weighted by Gasteiger charge is 2.16. The van der Waals surface area contributed by atoms with Crippen LogP contribution in [0.15, 0.2) is 24.3 Å². The van der Waals surface area contributed by atoms with E-state index in [0.29, 0.717) is 0 Å². The van der Waals surface area contributed by atoms with Crippen LogP contribution < -0.4 is 5.32 Å². The molecule has 0 unspecified atom stereocenters. The summed E-state index contributed by atoms with van der Waals surface area (Å²) in [5.41, 5.74) is 2.63. The van der Waals surface area contributed by atoms with Gasteiger partial charge in [-0.1, -0.05) is 18.2 Å². The summed E-state index contributed by atoms with van der Waals surface area (Å²) >= 11 is 0. The lowest BCUT2D eigenvalue weighted by Crippen LogP contribution is -2.33. The number of hydrogen-bond acceptors (Lipinski definition) is 3. The van der Waals surface area contributed by atoms with E-state index < -0.39 is 0 Å². The lowest BCUT2D eigenvalue weighted by atomic mass is 9.97. The number of rotatable bonds is 6. The summed E-state index contributed by atoms with van der Waals surface area (Å²) in [6.45, 7) is 4.35. The molecule has 1 aromatic rings. The molecular weight excluding hydrogens is 236 g/mol. The van der Waals surface area contributed by atoms with Crippen molar-refractivity contribution in [3.8, 4) is 0 Å². The molecule has 1 heterocycles. The van der Waals surface area contributed by atoms with Crippen LogP contribution in [0.4, 0.5) is 5.69 Å². The molecule has 0 saturated carbocycles. The summed E-state index contributed by atoms with van der Waals surface area (Å²) in [7, 11) is 3.97. The monoisotopic (exact) mass is 262 g/mol. The van der Waals surface area contributed by atoms with Crippen molar-refractivity contribution in [3.63, 3.8) is 0 Å². The molecule has 0 atom stereocenters. The fraction of sp³-hybridized carbons (Fsp3) is 0.625. The van der Waals surface area contributed by atoms with Gasteiger partial charge in [0.05, 0.1) is 6.61 Å². The van der Waals surface area contributed by atoms with Gasteiger partial charge < -0.3 is 15.0 Å². The lowest BCUT2D eigenvalue weighted by Gasteiger charge is -2.29. The number of benzene rings is 1. The highest BCUT2D eigenvalue weighted by molar-refractivity contribution is 5.51. The minimum atomic E-state index is 0.785. The molecule has 1 fully saturated rings. The van der Waals surface area contributed by atoms with Crippen molar-refractivity contribution in [1.29, 1.82) is 0 Å². The third-order valence-electron chi connectivity index (χ3n) is 4.01. The number of methoxy groups -OCH3 is 1. The van der Waals surface area contributed by atoms with Crippen molar-refractivity contribution in [2.75, 3.05) is 45.7 Å². The van der Waals surface area contributed by atoms with Crippen molar-refractivity contribution in [3.05, 3.63) is 29.8 Å². The Bertz CT molecular complexity index is 373. The first kappa shape index (κ1) is 14.4. The van der Waals surface area contributed by atoms with Crippen molar-refractivity contribution in [2.45, 2.75) is 19.3 Å². The van der Waals surface area contributed by atoms with Gasteiger partial charge in [-0.15, -0.1) is 0 Å². The maximum absolute atomic E-state index is 5.17. The Morgan fingerprint density at radius 1 is 1.26 bits per heavy atom. The van der Waals surface area contributed by atoms with Crippen LogP contribution in [0, 0.1) is 5.92 Å². The summed E-state index contributed by atoms with van der Waals surface area (Å²) in [4.78, 5) is 2.42. The zero-order valence-electron chi connectivity index (χ0n) is 12.2. The molecule has 0 spiro atoms. The number of para-hydroxylation sites is 1. The van der Waals surface area contributed by atoms with Gasteiger partial charge in [-0.05, 0) is 56.9 Å². The maximum atomic E-state index is 5.17. The Morgan fingerprint density at radius 3 is 2.74 bits per heavy atom. The highest BCUT2D eigenvalue weighted by atomic mass is 16.5. The molecule has 3 heteroatoms. The van der Waals surface area contributed by atoms with Crippen LogP contribution in [-0.4, -0.2) is 45.3 Å². The summed E-state index contributed by atoms with van der Waals surface area (Å²) in [6.07, 6.45) is 3.60.